The molecule has 9 nitrogen and oxygen atoms in total. The summed E-state index contributed by atoms with van der Waals surface area (Å²) in [5, 5.41) is 0. The van der Waals surface area contributed by atoms with Crippen LogP contribution in [0.5, 0.6) is 0 Å². The maximum absolute atomic E-state index is 13.1. The van der Waals surface area contributed by atoms with Gasteiger partial charge in [-0.2, -0.15) is 0 Å². The van der Waals surface area contributed by atoms with Gasteiger partial charge < -0.3 is 23.4 Å². The van der Waals surface area contributed by atoms with Crippen molar-refractivity contribution in [3.8, 4) is 0 Å². The van der Waals surface area contributed by atoms with Gasteiger partial charge in [0, 0.05) is 36.5 Å². The van der Waals surface area contributed by atoms with E-state index in [0.29, 0.717) is 12.0 Å². The minimum absolute atomic E-state index is 0.0446. The van der Waals surface area contributed by atoms with Gasteiger partial charge in [0.05, 0.1) is 37.6 Å². The Hall–Kier alpha value is -3.20. The maximum Gasteiger partial charge on any atom is 0.305 e. The van der Waals surface area contributed by atoms with Crippen LogP contribution >= 0.6 is 0 Å². The van der Waals surface area contributed by atoms with Gasteiger partial charge in [0.1, 0.15) is 17.8 Å². The van der Waals surface area contributed by atoms with Crippen LogP contribution in [0.25, 0.3) is 0 Å². The molecular formula is C31H38O9. The third kappa shape index (κ3) is 3.69. The van der Waals surface area contributed by atoms with E-state index in [4.69, 9.17) is 23.4 Å². The third-order valence-electron chi connectivity index (χ3n) is 10.4. The smallest absolute Gasteiger partial charge is 0.305 e. The minimum atomic E-state index is -0.972. The SMILES string of the molecule is C=C1C([C@@]2(C)C=CC(=O)C(C)(C)[C@@H]2CC(=O)OC)[C@H](OC(C)=O)[C@H](OC(C)=O)[C@@]2(C)[C@H](c3ccoc3)CC3O[C@]132. The quantitative estimate of drug-likeness (QED) is 0.219. The highest BCUT2D eigenvalue weighted by Crippen LogP contribution is 2.76. The normalized spacial score (nSPS) is 41.1. The Morgan fingerprint density at radius 1 is 1.10 bits per heavy atom. The molecule has 0 bridgehead atoms. The molecule has 1 aromatic rings. The van der Waals surface area contributed by atoms with Crippen LogP contribution in [-0.2, 0) is 38.1 Å². The Kier molecular flexibility index (Phi) is 6.49. The summed E-state index contributed by atoms with van der Waals surface area (Å²) in [5.41, 5.74) is -1.98. The largest absolute Gasteiger partial charge is 0.472 e. The highest BCUT2D eigenvalue weighted by atomic mass is 16.6. The molecule has 3 fully saturated rings. The lowest BCUT2D eigenvalue weighted by Gasteiger charge is -2.59. The fourth-order valence-electron chi connectivity index (χ4n) is 8.53. The number of hydrogen-bond acceptors (Lipinski definition) is 9. The first-order valence-corrected chi connectivity index (χ1v) is 13.7. The van der Waals surface area contributed by atoms with E-state index >= 15 is 0 Å². The third-order valence-corrected chi connectivity index (χ3v) is 10.4. The van der Waals surface area contributed by atoms with E-state index in [0.717, 1.165) is 5.56 Å². The number of ether oxygens (including phenoxy) is 4. The second-order valence-electron chi connectivity index (χ2n) is 12.7. The molecule has 9 atom stereocenters. The molecule has 4 aliphatic rings. The van der Waals surface area contributed by atoms with E-state index in [9.17, 15) is 19.2 Å². The number of esters is 3. The summed E-state index contributed by atoms with van der Waals surface area (Å²) < 4.78 is 29.2. The van der Waals surface area contributed by atoms with Crippen molar-refractivity contribution in [2.75, 3.05) is 7.11 Å². The second-order valence-corrected chi connectivity index (χ2v) is 12.7. The van der Waals surface area contributed by atoms with Gasteiger partial charge in [-0.1, -0.05) is 40.3 Å². The van der Waals surface area contributed by atoms with Gasteiger partial charge in [0.25, 0.3) is 0 Å². The number of epoxide rings is 1. The van der Waals surface area contributed by atoms with Crippen LogP contribution in [0.4, 0.5) is 0 Å². The van der Waals surface area contributed by atoms with Gasteiger partial charge in [-0.3, -0.25) is 19.2 Å². The molecule has 2 saturated carbocycles. The number of rotatable bonds is 6. The summed E-state index contributed by atoms with van der Waals surface area (Å²) in [6.45, 7) is 14.8. The van der Waals surface area contributed by atoms with E-state index in [-0.39, 0.29) is 24.2 Å². The zero-order chi connectivity index (χ0) is 29.4. The molecule has 2 heterocycles. The van der Waals surface area contributed by atoms with Crippen LogP contribution in [0.1, 0.15) is 65.9 Å². The van der Waals surface area contributed by atoms with Crippen molar-refractivity contribution in [2.45, 2.75) is 84.2 Å². The molecule has 0 aromatic carbocycles. The van der Waals surface area contributed by atoms with Crippen molar-refractivity contribution in [3.63, 3.8) is 0 Å². The summed E-state index contributed by atoms with van der Waals surface area (Å²) in [6, 6.07) is 1.89. The molecule has 1 spiro atoms. The van der Waals surface area contributed by atoms with E-state index in [1.54, 1.807) is 18.6 Å². The first kappa shape index (κ1) is 28.3. The number of ketones is 1. The topological polar surface area (TPSA) is 122 Å². The molecule has 1 aromatic heterocycles. The molecule has 5 rings (SSSR count). The summed E-state index contributed by atoms with van der Waals surface area (Å²) in [5.74, 6) is -2.99. The maximum atomic E-state index is 13.1. The second kappa shape index (κ2) is 9.16. The molecule has 40 heavy (non-hydrogen) atoms. The Morgan fingerprint density at radius 3 is 2.35 bits per heavy atom. The first-order valence-electron chi connectivity index (χ1n) is 13.7. The predicted octanol–water partition coefficient (Wildman–Crippen LogP) is 4.31. The van der Waals surface area contributed by atoms with Crippen molar-refractivity contribution in [3.05, 3.63) is 48.5 Å². The standard InChI is InChI=1S/C31H38O9/c1-16-25(29(6)11-9-22(34)28(4,5)21(29)14-24(35)36-8)26(38-17(2)32)27(39-18(3)33)30(7)20(19-10-12-37-15-19)13-23-31(16,30)40-23/h9-12,15,20-21,23,25-27H,1,13-14H2,2-8H3/t20-,21-,23?,25?,26-,27-,29-,30+,31+/m0/s1. The molecular weight excluding hydrogens is 516 g/mol. The number of carbonyl (C=O) groups is 4. The van der Waals surface area contributed by atoms with E-state index in [2.05, 4.69) is 6.58 Å². The number of hydrogen-bond donors (Lipinski definition) is 0. The molecule has 216 valence electrons. The van der Waals surface area contributed by atoms with Gasteiger partial charge in [-0.05, 0) is 35.6 Å². The zero-order valence-corrected chi connectivity index (χ0v) is 24.1. The molecule has 1 aliphatic heterocycles. The monoisotopic (exact) mass is 554 g/mol. The fraction of sp³-hybridized carbons (Fsp3) is 0.613. The molecule has 0 N–H and O–H groups in total. The van der Waals surface area contributed by atoms with Crippen LogP contribution < -0.4 is 0 Å². The van der Waals surface area contributed by atoms with Gasteiger partial charge >= 0.3 is 17.9 Å². The summed E-state index contributed by atoms with van der Waals surface area (Å²) in [7, 11) is 1.31. The van der Waals surface area contributed by atoms with Gasteiger partial charge in [-0.25, -0.2) is 0 Å². The van der Waals surface area contributed by atoms with Crippen LogP contribution in [0.15, 0.2) is 47.3 Å². The summed E-state index contributed by atoms with van der Waals surface area (Å²) in [4.78, 5) is 51.2. The Labute approximate surface area is 234 Å². The van der Waals surface area contributed by atoms with Crippen molar-refractivity contribution < 1.29 is 42.5 Å². The average molecular weight is 555 g/mol. The highest BCUT2D eigenvalue weighted by Gasteiger charge is 2.84. The van der Waals surface area contributed by atoms with Gasteiger partial charge in [0.2, 0.25) is 0 Å². The molecule has 0 amide bonds. The minimum Gasteiger partial charge on any atom is -0.472 e. The summed E-state index contributed by atoms with van der Waals surface area (Å²) in [6.07, 6.45) is 5.12. The van der Waals surface area contributed by atoms with Crippen LogP contribution in [0, 0.1) is 28.1 Å². The lowest BCUT2D eigenvalue weighted by molar-refractivity contribution is -0.206. The van der Waals surface area contributed by atoms with Crippen molar-refractivity contribution in [1.82, 2.24) is 0 Å². The average Bonchev–Trinajstić information content (AvgIpc) is 3.22. The number of furan rings is 1. The van der Waals surface area contributed by atoms with Crippen LogP contribution in [0.2, 0.25) is 0 Å². The molecule has 9 heteroatoms. The van der Waals surface area contributed by atoms with E-state index in [1.807, 2.05) is 33.8 Å². The van der Waals surface area contributed by atoms with Crippen molar-refractivity contribution >= 4 is 23.7 Å². The summed E-state index contributed by atoms with van der Waals surface area (Å²) >= 11 is 0. The number of carbonyl (C=O) groups excluding carboxylic acids is 4. The van der Waals surface area contributed by atoms with E-state index in [1.165, 1.54) is 27.0 Å². The molecule has 0 radical (unpaired) electrons. The number of allylic oxidation sites excluding steroid dienone is 2. The Morgan fingerprint density at radius 2 is 1.77 bits per heavy atom. The highest BCUT2D eigenvalue weighted by molar-refractivity contribution is 5.96. The zero-order valence-electron chi connectivity index (χ0n) is 24.1. The Balaban J connectivity index is 1.73. The van der Waals surface area contributed by atoms with Crippen LogP contribution in [-0.4, -0.2) is 54.7 Å². The first-order chi connectivity index (χ1) is 18.7. The lowest BCUT2D eigenvalue weighted by atomic mass is 9.46. The molecule has 3 aliphatic carbocycles. The number of methoxy groups -OCH3 is 1. The Bertz CT molecular complexity index is 1290. The fourth-order valence-corrected chi connectivity index (χ4v) is 8.53. The predicted molar refractivity (Wildman–Crippen MR) is 142 cm³/mol. The van der Waals surface area contributed by atoms with Gasteiger partial charge in [-0.15, -0.1) is 0 Å². The van der Waals surface area contributed by atoms with E-state index < -0.39 is 63.8 Å². The van der Waals surface area contributed by atoms with Gasteiger partial charge in [0.15, 0.2) is 5.78 Å². The van der Waals surface area contributed by atoms with Crippen LogP contribution in [0.3, 0.4) is 0 Å². The lowest BCUT2D eigenvalue weighted by Crippen LogP contribution is -2.66. The van der Waals surface area contributed by atoms with Crippen molar-refractivity contribution in [1.29, 1.82) is 0 Å². The van der Waals surface area contributed by atoms with Crippen molar-refractivity contribution in [2.24, 2.45) is 28.1 Å². The molecule has 1 saturated heterocycles. The molecule has 2 unspecified atom stereocenters.